The third kappa shape index (κ3) is 3.30. The van der Waals surface area contributed by atoms with E-state index in [2.05, 4.69) is 90.3 Å². The van der Waals surface area contributed by atoms with Crippen molar-refractivity contribution in [3.05, 3.63) is 103 Å². The second-order valence-corrected chi connectivity index (χ2v) is 6.33. The quantitative estimate of drug-likeness (QED) is 0.385. The van der Waals surface area contributed by atoms with E-state index in [4.69, 9.17) is 4.74 Å². The van der Waals surface area contributed by atoms with Crippen LogP contribution in [0.5, 0.6) is 5.75 Å². The first kappa shape index (κ1) is 16.9. The average Bonchev–Trinajstić information content (AvgIpc) is 2.75. The number of fused-ring (bicyclic) bond motifs is 1. The fourth-order valence-electron chi connectivity index (χ4n) is 3.32. The van der Waals surface area contributed by atoms with Gasteiger partial charge in [0.15, 0.2) is 0 Å². The average molecular weight is 351 g/mol. The molecule has 0 fully saturated rings. The van der Waals surface area contributed by atoms with Gasteiger partial charge in [-0.2, -0.15) is 0 Å². The first-order valence-electron chi connectivity index (χ1n) is 8.94. The van der Waals surface area contributed by atoms with E-state index in [1.165, 1.54) is 10.8 Å². The lowest BCUT2D eigenvalue weighted by Crippen LogP contribution is -2.10. The molecule has 4 rings (SSSR count). The normalized spacial score (nSPS) is 10.6. The number of benzene rings is 4. The largest absolute Gasteiger partial charge is 0.497 e. The van der Waals surface area contributed by atoms with Crippen LogP contribution in [0.25, 0.3) is 16.8 Å². The van der Waals surface area contributed by atoms with Crippen LogP contribution >= 0.6 is 0 Å². The van der Waals surface area contributed by atoms with Gasteiger partial charge in [0.1, 0.15) is 5.75 Å². The molecule has 0 radical (unpaired) electrons. The number of methoxy groups -OCH3 is 1. The van der Waals surface area contributed by atoms with E-state index in [1.54, 1.807) is 7.11 Å². The van der Waals surface area contributed by atoms with Gasteiger partial charge in [0.25, 0.3) is 0 Å². The Morgan fingerprint density at radius 2 is 1.37 bits per heavy atom. The zero-order valence-corrected chi connectivity index (χ0v) is 15.3. The molecular weight excluding hydrogens is 330 g/mol. The van der Waals surface area contributed by atoms with Crippen LogP contribution in [0.2, 0.25) is 0 Å². The summed E-state index contributed by atoms with van der Waals surface area (Å²) >= 11 is 0. The highest BCUT2D eigenvalue weighted by Gasteiger charge is 2.15. The van der Waals surface area contributed by atoms with Crippen LogP contribution < -0.4 is 9.64 Å². The van der Waals surface area contributed by atoms with Crippen molar-refractivity contribution in [1.82, 2.24) is 0 Å². The smallest absolute Gasteiger partial charge is 0.119 e. The molecule has 0 atom stereocenters. The highest BCUT2D eigenvalue weighted by atomic mass is 16.5. The molecule has 132 valence electrons. The van der Waals surface area contributed by atoms with Gasteiger partial charge in [-0.15, -0.1) is 0 Å². The van der Waals surface area contributed by atoms with Crippen LogP contribution in [0.1, 0.15) is 5.56 Å². The van der Waals surface area contributed by atoms with E-state index in [-0.39, 0.29) is 0 Å². The summed E-state index contributed by atoms with van der Waals surface area (Å²) in [6, 6.07) is 31.5. The zero-order valence-electron chi connectivity index (χ0n) is 15.3. The third-order valence-electron chi connectivity index (χ3n) is 4.73. The molecule has 0 spiro atoms. The molecule has 2 nitrogen and oxygen atoms in total. The molecule has 0 unspecified atom stereocenters. The minimum absolute atomic E-state index is 0.846. The first-order chi connectivity index (χ1) is 13.3. The van der Waals surface area contributed by atoms with E-state index in [0.717, 1.165) is 28.4 Å². The van der Waals surface area contributed by atoms with Crippen molar-refractivity contribution in [3.63, 3.8) is 0 Å². The van der Waals surface area contributed by atoms with Gasteiger partial charge in [-0.25, -0.2) is 0 Å². The van der Waals surface area contributed by atoms with Gasteiger partial charge in [-0.05, 0) is 53.4 Å². The highest BCUT2D eigenvalue weighted by molar-refractivity contribution is 5.98. The Morgan fingerprint density at radius 1 is 0.741 bits per heavy atom. The summed E-state index contributed by atoms with van der Waals surface area (Å²) in [5, 5.41) is 2.43. The van der Waals surface area contributed by atoms with Crippen molar-refractivity contribution < 1.29 is 4.74 Å². The zero-order chi connectivity index (χ0) is 18.6. The Bertz CT molecular complexity index is 1060. The van der Waals surface area contributed by atoms with E-state index in [9.17, 15) is 0 Å². The first-order valence-corrected chi connectivity index (χ1v) is 8.94. The summed E-state index contributed by atoms with van der Waals surface area (Å²) in [5.41, 5.74) is 4.43. The topological polar surface area (TPSA) is 12.5 Å². The van der Waals surface area contributed by atoms with Crippen molar-refractivity contribution in [1.29, 1.82) is 0 Å². The number of rotatable bonds is 5. The molecule has 0 bridgehead atoms. The SMILES string of the molecule is C=Cc1ccc(N(c2ccc(OC)cc2)c2cccc3ccccc23)cc1. The molecule has 0 aromatic heterocycles. The number of hydrogen-bond acceptors (Lipinski definition) is 2. The molecule has 0 aliphatic carbocycles. The van der Waals surface area contributed by atoms with Gasteiger partial charge < -0.3 is 9.64 Å². The third-order valence-corrected chi connectivity index (χ3v) is 4.73. The lowest BCUT2D eigenvalue weighted by atomic mass is 10.1. The van der Waals surface area contributed by atoms with Gasteiger partial charge in [0.05, 0.1) is 12.8 Å². The van der Waals surface area contributed by atoms with Crippen LogP contribution in [0.3, 0.4) is 0 Å². The fraction of sp³-hybridized carbons (Fsp3) is 0.0400. The molecule has 0 saturated heterocycles. The monoisotopic (exact) mass is 351 g/mol. The summed E-state index contributed by atoms with van der Waals surface area (Å²) in [7, 11) is 1.69. The van der Waals surface area contributed by atoms with Gasteiger partial charge >= 0.3 is 0 Å². The van der Waals surface area contributed by atoms with Crippen molar-refractivity contribution in [2.45, 2.75) is 0 Å². The van der Waals surface area contributed by atoms with Gasteiger partial charge in [0.2, 0.25) is 0 Å². The molecule has 4 aromatic carbocycles. The molecule has 0 aliphatic heterocycles. The van der Waals surface area contributed by atoms with Crippen LogP contribution in [-0.2, 0) is 0 Å². The van der Waals surface area contributed by atoms with Crippen molar-refractivity contribution >= 4 is 33.9 Å². The standard InChI is InChI=1S/C25H21NO/c1-3-19-11-13-21(14-12-19)26(22-15-17-23(27-2)18-16-22)25-10-6-8-20-7-4-5-9-24(20)25/h3-18H,1H2,2H3. The van der Waals surface area contributed by atoms with Crippen LogP contribution in [0, 0.1) is 0 Å². The molecule has 0 heterocycles. The maximum absolute atomic E-state index is 5.33. The Kier molecular flexibility index (Phi) is 4.63. The van der Waals surface area contributed by atoms with Gasteiger partial charge in [0, 0.05) is 16.8 Å². The minimum Gasteiger partial charge on any atom is -0.497 e. The second-order valence-electron chi connectivity index (χ2n) is 6.33. The molecule has 2 heteroatoms. The second kappa shape index (κ2) is 7.38. The summed E-state index contributed by atoms with van der Waals surface area (Å²) in [6.45, 7) is 3.85. The number of anilines is 3. The van der Waals surface area contributed by atoms with Crippen molar-refractivity contribution in [2.75, 3.05) is 12.0 Å². The molecule has 0 amide bonds. The van der Waals surface area contributed by atoms with E-state index < -0.39 is 0 Å². The van der Waals surface area contributed by atoms with Crippen LogP contribution in [0.4, 0.5) is 17.1 Å². The maximum atomic E-state index is 5.33. The highest BCUT2D eigenvalue weighted by Crippen LogP contribution is 2.39. The van der Waals surface area contributed by atoms with E-state index >= 15 is 0 Å². The van der Waals surface area contributed by atoms with E-state index in [1.807, 2.05) is 18.2 Å². The Hall–Kier alpha value is -3.52. The predicted octanol–water partition coefficient (Wildman–Crippen LogP) is 6.96. The molecule has 0 saturated carbocycles. The minimum atomic E-state index is 0.846. The number of nitrogens with zero attached hydrogens (tertiary/aromatic N) is 1. The Balaban J connectivity index is 1.92. The number of ether oxygens (including phenoxy) is 1. The molecule has 0 aliphatic rings. The summed E-state index contributed by atoms with van der Waals surface area (Å²) in [5.74, 6) is 0.846. The summed E-state index contributed by atoms with van der Waals surface area (Å²) < 4.78 is 5.33. The molecule has 27 heavy (non-hydrogen) atoms. The summed E-state index contributed by atoms with van der Waals surface area (Å²) in [4.78, 5) is 2.27. The summed E-state index contributed by atoms with van der Waals surface area (Å²) in [6.07, 6.45) is 1.86. The van der Waals surface area contributed by atoms with Crippen molar-refractivity contribution in [2.24, 2.45) is 0 Å². The van der Waals surface area contributed by atoms with Crippen LogP contribution in [0.15, 0.2) is 97.6 Å². The molecule has 4 aromatic rings. The maximum Gasteiger partial charge on any atom is 0.119 e. The lowest BCUT2D eigenvalue weighted by molar-refractivity contribution is 0.415. The Morgan fingerprint density at radius 3 is 2.04 bits per heavy atom. The number of hydrogen-bond donors (Lipinski definition) is 0. The molecule has 0 N–H and O–H groups in total. The lowest BCUT2D eigenvalue weighted by Gasteiger charge is -2.27. The van der Waals surface area contributed by atoms with Crippen LogP contribution in [-0.4, -0.2) is 7.11 Å². The predicted molar refractivity (Wildman–Crippen MR) is 115 cm³/mol. The Labute approximate surface area is 160 Å². The van der Waals surface area contributed by atoms with Gasteiger partial charge in [-0.3, -0.25) is 0 Å². The van der Waals surface area contributed by atoms with E-state index in [0.29, 0.717) is 0 Å². The molecular formula is C25H21NO. The fourth-order valence-corrected chi connectivity index (χ4v) is 3.32. The van der Waals surface area contributed by atoms with Crippen molar-refractivity contribution in [3.8, 4) is 5.75 Å². The van der Waals surface area contributed by atoms with Gasteiger partial charge in [-0.1, -0.05) is 61.2 Å².